The Morgan fingerprint density at radius 1 is 1.00 bits per heavy atom. The highest BCUT2D eigenvalue weighted by molar-refractivity contribution is 6.31. The maximum absolute atomic E-state index is 14.1. The molecule has 0 saturated heterocycles. The third-order valence-corrected chi connectivity index (χ3v) is 4.12. The van der Waals surface area contributed by atoms with Gasteiger partial charge in [0.1, 0.15) is 42.2 Å². The Hall–Kier alpha value is -2.98. The van der Waals surface area contributed by atoms with Gasteiger partial charge in [-0.15, -0.1) is 0 Å². The van der Waals surface area contributed by atoms with Gasteiger partial charge in [0.15, 0.2) is 16.7 Å². The zero-order valence-electron chi connectivity index (χ0n) is 14.2. The topological polar surface area (TPSA) is 64.3 Å². The van der Waals surface area contributed by atoms with Crippen molar-refractivity contribution in [1.82, 2.24) is 9.55 Å². The fourth-order valence-electron chi connectivity index (χ4n) is 2.49. The molecule has 152 valence electrons. The van der Waals surface area contributed by atoms with E-state index in [0.717, 1.165) is 12.1 Å². The van der Waals surface area contributed by atoms with Gasteiger partial charge in [0, 0.05) is 23.8 Å². The van der Waals surface area contributed by atoms with Gasteiger partial charge < -0.3 is 9.84 Å². The molecule has 2 aromatic carbocycles. The van der Waals surface area contributed by atoms with Gasteiger partial charge in [0.25, 0.3) is 5.56 Å². The van der Waals surface area contributed by atoms with Crippen molar-refractivity contribution < 1.29 is 31.8 Å². The van der Waals surface area contributed by atoms with Crippen LogP contribution in [0.4, 0.5) is 22.0 Å². The summed E-state index contributed by atoms with van der Waals surface area (Å²) in [5, 5.41) is 8.75. The lowest BCUT2D eigenvalue weighted by atomic mass is 10.2. The maximum atomic E-state index is 14.1. The zero-order chi connectivity index (χ0) is 21.3. The van der Waals surface area contributed by atoms with Crippen molar-refractivity contribution in [2.45, 2.75) is 13.2 Å². The molecule has 1 aromatic heterocycles. The highest BCUT2D eigenvalue weighted by Crippen LogP contribution is 2.25. The number of benzene rings is 2. The molecule has 0 saturated carbocycles. The standard InChI is InChI=1S/C18H10ClF5N2O3/c19-15-17(29-7-8-1-2-9(20)3-11(8)22)25-14(6-27)26(18(15)28)16-12(23)4-10(21)5-13(16)24/h1-5,27H,6-7H2. The summed E-state index contributed by atoms with van der Waals surface area (Å²) in [7, 11) is 0. The van der Waals surface area contributed by atoms with Crippen LogP contribution in [-0.2, 0) is 13.2 Å². The van der Waals surface area contributed by atoms with Crippen LogP contribution in [0.2, 0.25) is 5.02 Å². The van der Waals surface area contributed by atoms with E-state index in [1.807, 2.05) is 0 Å². The van der Waals surface area contributed by atoms with E-state index in [9.17, 15) is 31.9 Å². The molecule has 11 heteroatoms. The van der Waals surface area contributed by atoms with Crippen molar-refractivity contribution >= 4 is 11.6 Å². The van der Waals surface area contributed by atoms with E-state index in [1.165, 1.54) is 0 Å². The summed E-state index contributed by atoms with van der Waals surface area (Å²) in [4.78, 5) is 16.3. The molecule has 0 aliphatic carbocycles. The number of aliphatic hydroxyl groups excluding tert-OH is 1. The van der Waals surface area contributed by atoms with Gasteiger partial charge in [-0.2, -0.15) is 4.98 Å². The second kappa shape index (κ2) is 8.18. The number of rotatable bonds is 5. The quantitative estimate of drug-likeness (QED) is 0.625. The van der Waals surface area contributed by atoms with E-state index in [-0.39, 0.29) is 5.56 Å². The van der Waals surface area contributed by atoms with Gasteiger partial charge in [0.2, 0.25) is 5.88 Å². The second-order valence-corrected chi connectivity index (χ2v) is 6.07. The van der Waals surface area contributed by atoms with E-state index in [2.05, 4.69) is 4.98 Å². The molecule has 29 heavy (non-hydrogen) atoms. The van der Waals surface area contributed by atoms with Crippen LogP contribution in [0.3, 0.4) is 0 Å². The Morgan fingerprint density at radius 3 is 2.21 bits per heavy atom. The highest BCUT2D eigenvalue weighted by Gasteiger charge is 2.23. The first-order chi connectivity index (χ1) is 13.7. The van der Waals surface area contributed by atoms with Gasteiger partial charge in [0.05, 0.1) is 0 Å². The molecule has 0 radical (unpaired) electrons. The molecule has 3 aromatic rings. The predicted octanol–water partition coefficient (Wildman–Crippen LogP) is 3.65. The number of hydrogen-bond acceptors (Lipinski definition) is 4. The summed E-state index contributed by atoms with van der Waals surface area (Å²) in [5.74, 6) is -6.94. The van der Waals surface area contributed by atoms with Crippen LogP contribution in [-0.4, -0.2) is 14.7 Å². The van der Waals surface area contributed by atoms with Crippen LogP contribution in [0.15, 0.2) is 35.1 Å². The summed E-state index contributed by atoms with van der Waals surface area (Å²) in [6.07, 6.45) is 0. The van der Waals surface area contributed by atoms with Crippen LogP contribution in [0.5, 0.6) is 5.88 Å². The van der Waals surface area contributed by atoms with Crippen molar-refractivity contribution in [2.24, 2.45) is 0 Å². The largest absolute Gasteiger partial charge is 0.471 e. The molecule has 0 atom stereocenters. The summed E-state index contributed by atoms with van der Waals surface area (Å²) in [5.41, 5.74) is -2.30. The Kier molecular flexibility index (Phi) is 5.85. The number of hydrogen-bond donors (Lipinski definition) is 1. The summed E-state index contributed by atoms with van der Waals surface area (Å²) < 4.78 is 73.4. The predicted molar refractivity (Wildman–Crippen MR) is 91.3 cm³/mol. The van der Waals surface area contributed by atoms with Crippen molar-refractivity contribution in [2.75, 3.05) is 0 Å². The minimum absolute atomic E-state index is 0.0883. The maximum Gasteiger partial charge on any atom is 0.281 e. The van der Waals surface area contributed by atoms with Crippen LogP contribution < -0.4 is 10.3 Å². The first kappa shape index (κ1) is 20.7. The monoisotopic (exact) mass is 432 g/mol. The minimum Gasteiger partial charge on any atom is -0.471 e. The molecular weight excluding hydrogens is 423 g/mol. The molecule has 1 heterocycles. The lowest BCUT2D eigenvalue weighted by Crippen LogP contribution is -2.27. The number of halogens is 6. The van der Waals surface area contributed by atoms with Gasteiger partial charge in [-0.3, -0.25) is 9.36 Å². The third kappa shape index (κ3) is 4.08. The molecule has 5 nitrogen and oxygen atoms in total. The van der Waals surface area contributed by atoms with Crippen LogP contribution in [0, 0.1) is 29.1 Å². The summed E-state index contributed by atoms with van der Waals surface area (Å²) in [6, 6.07) is 3.36. The second-order valence-electron chi connectivity index (χ2n) is 5.69. The Morgan fingerprint density at radius 2 is 1.62 bits per heavy atom. The van der Waals surface area contributed by atoms with E-state index in [1.54, 1.807) is 0 Å². The van der Waals surface area contributed by atoms with Crippen LogP contribution >= 0.6 is 11.6 Å². The van der Waals surface area contributed by atoms with Gasteiger partial charge in [-0.25, -0.2) is 22.0 Å². The highest BCUT2D eigenvalue weighted by atomic mass is 35.5. The summed E-state index contributed by atoms with van der Waals surface area (Å²) in [6.45, 7) is -1.48. The van der Waals surface area contributed by atoms with E-state index < -0.39 is 70.3 Å². The smallest absolute Gasteiger partial charge is 0.281 e. The van der Waals surface area contributed by atoms with Crippen LogP contribution in [0.25, 0.3) is 5.69 Å². The number of nitrogens with zero attached hydrogens (tertiary/aromatic N) is 2. The number of aliphatic hydroxyl groups is 1. The fraction of sp³-hybridized carbons (Fsp3) is 0.111. The first-order valence-corrected chi connectivity index (χ1v) is 8.24. The van der Waals surface area contributed by atoms with Crippen molar-refractivity contribution in [3.8, 4) is 11.6 Å². The molecular formula is C18H10ClF5N2O3. The number of aromatic nitrogens is 2. The van der Waals surface area contributed by atoms with E-state index >= 15 is 0 Å². The lowest BCUT2D eigenvalue weighted by Gasteiger charge is -2.15. The molecule has 0 spiro atoms. The van der Waals surface area contributed by atoms with Crippen molar-refractivity contribution in [3.05, 3.63) is 86.2 Å². The van der Waals surface area contributed by atoms with Crippen molar-refractivity contribution in [3.63, 3.8) is 0 Å². The average Bonchev–Trinajstić information content (AvgIpc) is 2.65. The van der Waals surface area contributed by atoms with Crippen molar-refractivity contribution in [1.29, 1.82) is 0 Å². The van der Waals surface area contributed by atoms with Gasteiger partial charge >= 0.3 is 0 Å². The molecule has 3 rings (SSSR count). The SMILES string of the molecule is O=c1c(Cl)c(OCc2ccc(F)cc2F)nc(CO)n1-c1c(F)cc(F)cc1F. The molecule has 0 fully saturated rings. The first-order valence-electron chi connectivity index (χ1n) is 7.86. The van der Waals surface area contributed by atoms with Gasteiger partial charge in [-0.05, 0) is 12.1 Å². The Labute approximate surface area is 164 Å². The summed E-state index contributed by atoms with van der Waals surface area (Å²) >= 11 is 5.87. The zero-order valence-corrected chi connectivity index (χ0v) is 15.0. The molecule has 1 N–H and O–H groups in total. The minimum atomic E-state index is -1.43. The molecule has 0 bridgehead atoms. The van der Waals surface area contributed by atoms with E-state index in [4.69, 9.17) is 16.3 Å². The van der Waals surface area contributed by atoms with E-state index in [0.29, 0.717) is 22.8 Å². The van der Waals surface area contributed by atoms with Crippen LogP contribution in [0.1, 0.15) is 11.4 Å². The molecule has 0 aliphatic rings. The number of ether oxygens (including phenoxy) is 1. The molecule has 0 aliphatic heterocycles. The normalized spacial score (nSPS) is 11.0. The molecule has 0 unspecified atom stereocenters. The average molecular weight is 433 g/mol. The van der Waals surface area contributed by atoms with Gasteiger partial charge in [-0.1, -0.05) is 11.6 Å². The Bertz CT molecular complexity index is 1130. The molecule has 0 amide bonds. The fourth-order valence-corrected chi connectivity index (χ4v) is 2.67. The Balaban J connectivity index is 2.05. The lowest BCUT2D eigenvalue weighted by molar-refractivity contribution is 0.254. The third-order valence-electron chi connectivity index (χ3n) is 3.79.